The number of likely N-dealkylation sites (N-methyl/N-ethyl adjacent to an activating group) is 1. The van der Waals surface area contributed by atoms with Crippen LogP contribution in [0.5, 0.6) is 0 Å². The fourth-order valence-corrected chi connectivity index (χ4v) is 1.89. The number of hydrogen-bond acceptors (Lipinski definition) is 2. The lowest BCUT2D eigenvalue weighted by atomic mass is 10.2. The molecule has 96 valence electrons. The van der Waals surface area contributed by atoms with Gasteiger partial charge in [0.2, 0.25) is 0 Å². The maximum atomic E-state index is 5.96. The van der Waals surface area contributed by atoms with Crippen molar-refractivity contribution in [2.45, 2.75) is 32.9 Å². The van der Waals surface area contributed by atoms with Gasteiger partial charge in [-0.3, -0.25) is 0 Å². The summed E-state index contributed by atoms with van der Waals surface area (Å²) in [7, 11) is 2.14. The van der Waals surface area contributed by atoms with Crippen molar-refractivity contribution in [2.24, 2.45) is 0 Å². The maximum Gasteiger partial charge on any atom is 0.0409 e. The molecule has 1 aromatic rings. The van der Waals surface area contributed by atoms with Crippen LogP contribution in [-0.2, 0) is 6.54 Å². The lowest BCUT2D eigenvalue weighted by molar-refractivity contribution is 0.317. The average Bonchev–Trinajstić information content (AvgIpc) is 2.28. The van der Waals surface area contributed by atoms with Gasteiger partial charge >= 0.3 is 0 Å². The zero-order valence-electron chi connectivity index (χ0n) is 11.0. The molecule has 0 saturated heterocycles. The summed E-state index contributed by atoms with van der Waals surface area (Å²) >= 11 is 5.96. The first-order valence-corrected chi connectivity index (χ1v) is 6.66. The molecule has 2 nitrogen and oxygen atoms in total. The summed E-state index contributed by atoms with van der Waals surface area (Å²) in [5.74, 6) is 0. The van der Waals surface area contributed by atoms with E-state index in [1.165, 1.54) is 12.0 Å². The van der Waals surface area contributed by atoms with Crippen LogP contribution in [0.1, 0.15) is 25.8 Å². The Morgan fingerprint density at radius 1 is 1.41 bits per heavy atom. The van der Waals surface area contributed by atoms with Gasteiger partial charge in [0, 0.05) is 30.7 Å². The molecule has 0 aliphatic rings. The summed E-state index contributed by atoms with van der Waals surface area (Å²) in [6, 6.07) is 8.66. The van der Waals surface area contributed by atoms with E-state index in [2.05, 4.69) is 37.2 Å². The van der Waals surface area contributed by atoms with Gasteiger partial charge in [0.1, 0.15) is 0 Å². The van der Waals surface area contributed by atoms with Crippen LogP contribution in [0.25, 0.3) is 0 Å². The molecule has 0 aromatic heterocycles. The number of halogens is 1. The van der Waals surface area contributed by atoms with Crippen molar-refractivity contribution in [3.63, 3.8) is 0 Å². The highest BCUT2D eigenvalue weighted by molar-refractivity contribution is 6.30. The van der Waals surface area contributed by atoms with Gasteiger partial charge in [0.25, 0.3) is 0 Å². The molecule has 0 aliphatic carbocycles. The molecule has 0 bridgehead atoms. The number of nitrogens with zero attached hydrogens (tertiary/aromatic N) is 1. The SMILES string of the molecule is CCC(C)NCCN(C)Cc1cccc(Cl)c1. The van der Waals surface area contributed by atoms with Crippen LogP contribution in [0.15, 0.2) is 24.3 Å². The van der Waals surface area contributed by atoms with Crippen molar-refractivity contribution in [3.05, 3.63) is 34.9 Å². The Balaban J connectivity index is 2.27. The summed E-state index contributed by atoms with van der Waals surface area (Å²) in [5, 5.41) is 4.31. The molecule has 0 saturated carbocycles. The Kier molecular flexibility index (Phi) is 6.56. The van der Waals surface area contributed by atoms with Crippen LogP contribution >= 0.6 is 11.6 Å². The third-order valence-electron chi connectivity index (χ3n) is 2.94. The van der Waals surface area contributed by atoms with Crippen LogP contribution in [0.2, 0.25) is 5.02 Å². The monoisotopic (exact) mass is 254 g/mol. The van der Waals surface area contributed by atoms with E-state index in [0.29, 0.717) is 6.04 Å². The minimum Gasteiger partial charge on any atom is -0.313 e. The summed E-state index contributed by atoms with van der Waals surface area (Å²) in [4.78, 5) is 2.31. The molecule has 0 amide bonds. The van der Waals surface area contributed by atoms with E-state index in [-0.39, 0.29) is 0 Å². The van der Waals surface area contributed by atoms with Gasteiger partial charge in [-0.15, -0.1) is 0 Å². The van der Waals surface area contributed by atoms with E-state index in [1.54, 1.807) is 0 Å². The van der Waals surface area contributed by atoms with Crippen molar-refractivity contribution < 1.29 is 0 Å². The number of rotatable bonds is 7. The van der Waals surface area contributed by atoms with Crippen molar-refractivity contribution >= 4 is 11.6 Å². The van der Waals surface area contributed by atoms with Crippen LogP contribution in [0.4, 0.5) is 0 Å². The molecule has 1 atom stereocenters. The Morgan fingerprint density at radius 3 is 2.82 bits per heavy atom. The molecule has 3 heteroatoms. The van der Waals surface area contributed by atoms with E-state index in [0.717, 1.165) is 24.7 Å². The highest BCUT2D eigenvalue weighted by atomic mass is 35.5. The molecule has 1 unspecified atom stereocenters. The predicted molar refractivity (Wildman–Crippen MR) is 75.5 cm³/mol. The zero-order chi connectivity index (χ0) is 12.7. The smallest absolute Gasteiger partial charge is 0.0409 e. The quantitative estimate of drug-likeness (QED) is 0.804. The van der Waals surface area contributed by atoms with Gasteiger partial charge in [-0.1, -0.05) is 30.7 Å². The molecule has 0 radical (unpaired) electrons. The first-order chi connectivity index (χ1) is 8.11. The summed E-state index contributed by atoms with van der Waals surface area (Å²) in [5.41, 5.74) is 1.27. The minimum atomic E-state index is 0.606. The maximum absolute atomic E-state index is 5.96. The third-order valence-corrected chi connectivity index (χ3v) is 3.18. The second-order valence-corrected chi connectivity index (χ2v) is 5.07. The van der Waals surface area contributed by atoms with Crippen molar-refractivity contribution in [1.82, 2.24) is 10.2 Å². The topological polar surface area (TPSA) is 15.3 Å². The lowest BCUT2D eigenvalue weighted by Crippen LogP contribution is -2.33. The minimum absolute atomic E-state index is 0.606. The molecular weight excluding hydrogens is 232 g/mol. The third kappa shape index (κ3) is 6.06. The van der Waals surface area contributed by atoms with Crippen molar-refractivity contribution in [1.29, 1.82) is 0 Å². The normalized spacial score (nSPS) is 13.0. The van der Waals surface area contributed by atoms with Crippen LogP contribution in [0, 0.1) is 0 Å². The predicted octanol–water partition coefficient (Wildman–Crippen LogP) is 3.16. The highest BCUT2D eigenvalue weighted by Crippen LogP contribution is 2.11. The Morgan fingerprint density at radius 2 is 2.18 bits per heavy atom. The number of nitrogens with one attached hydrogen (secondary N) is 1. The standard InChI is InChI=1S/C14H23ClN2/c1-4-12(2)16-8-9-17(3)11-13-6-5-7-14(15)10-13/h5-7,10,12,16H,4,8-9,11H2,1-3H3. The number of benzene rings is 1. The van der Waals surface area contributed by atoms with E-state index >= 15 is 0 Å². The molecule has 0 spiro atoms. The molecule has 0 aliphatic heterocycles. The molecule has 0 fully saturated rings. The average molecular weight is 255 g/mol. The lowest BCUT2D eigenvalue weighted by Gasteiger charge is -2.19. The van der Waals surface area contributed by atoms with E-state index in [4.69, 9.17) is 11.6 Å². The molecule has 0 heterocycles. The first-order valence-electron chi connectivity index (χ1n) is 6.28. The van der Waals surface area contributed by atoms with E-state index in [9.17, 15) is 0 Å². The summed E-state index contributed by atoms with van der Waals surface area (Å²) in [6.45, 7) is 7.45. The van der Waals surface area contributed by atoms with Crippen LogP contribution < -0.4 is 5.32 Å². The second-order valence-electron chi connectivity index (χ2n) is 4.63. The van der Waals surface area contributed by atoms with Gasteiger partial charge in [-0.2, -0.15) is 0 Å². The molecule has 17 heavy (non-hydrogen) atoms. The van der Waals surface area contributed by atoms with E-state index < -0.39 is 0 Å². The van der Waals surface area contributed by atoms with Gasteiger partial charge in [-0.05, 0) is 38.1 Å². The fraction of sp³-hybridized carbons (Fsp3) is 0.571. The van der Waals surface area contributed by atoms with Crippen LogP contribution in [0.3, 0.4) is 0 Å². The Bertz CT molecular complexity index is 328. The van der Waals surface area contributed by atoms with Crippen LogP contribution in [-0.4, -0.2) is 31.1 Å². The van der Waals surface area contributed by atoms with Crippen molar-refractivity contribution in [2.75, 3.05) is 20.1 Å². The first kappa shape index (κ1) is 14.5. The highest BCUT2D eigenvalue weighted by Gasteiger charge is 2.02. The van der Waals surface area contributed by atoms with Gasteiger partial charge in [0.05, 0.1) is 0 Å². The zero-order valence-corrected chi connectivity index (χ0v) is 11.8. The fourth-order valence-electron chi connectivity index (χ4n) is 1.67. The Hall–Kier alpha value is -0.570. The number of hydrogen-bond donors (Lipinski definition) is 1. The largest absolute Gasteiger partial charge is 0.313 e. The molecule has 1 rings (SSSR count). The van der Waals surface area contributed by atoms with E-state index in [1.807, 2.05) is 18.2 Å². The van der Waals surface area contributed by atoms with Gasteiger partial charge < -0.3 is 10.2 Å². The molecule has 1 N–H and O–H groups in total. The summed E-state index contributed by atoms with van der Waals surface area (Å²) < 4.78 is 0. The molecule has 1 aromatic carbocycles. The Labute approximate surface area is 110 Å². The van der Waals surface area contributed by atoms with Gasteiger partial charge in [-0.25, -0.2) is 0 Å². The van der Waals surface area contributed by atoms with Crippen molar-refractivity contribution in [3.8, 4) is 0 Å². The second kappa shape index (κ2) is 7.70. The summed E-state index contributed by atoms with van der Waals surface area (Å²) in [6.07, 6.45) is 1.18. The van der Waals surface area contributed by atoms with Gasteiger partial charge in [0.15, 0.2) is 0 Å². The molecular formula is C14H23ClN2.